The molecule has 2 aromatic rings. The second-order valence-electron chi connectivity index (χ2n) is 10.7. The van der Waals surface area contributed by atoms with Crippen LogP contribution in [0.25, 0.3) is 0 Å². The van der Waals surface area contributed by atoms with Gasteiger partial charge in [-0.3, -0.25) is 9.48 Å². The van der Waals surface area contributed by atoms with Crippen LogP contribution in [0.3, 0.4) is 0 Å². The third-order valence-electron chi connectivity index (χ3n) is 6.89. The molecule has 4 rings (SSSR count). The Morgan fingerprint density at radius 3 is 2.53 bits per heavy atom. The molecule has 0 spiro atoms. The van der Waals surface area contributed by atoms with Crippen molar-refractivity contribution < 1.29 is 14.3 Å². The topological polar surface area (TPSA) is 76.5 Å². The van der Waals surface area contributed by atoms with Crippen LogP contribution in [0, 0.1) is 5.92 Å². The summed E-state index contributed by atoms with van der Waals surface area (Å²) in [4.78, 5) is 27.9. The lowest BCUT2D eigenvalue weighted by Crippen LogP contribution is -2.42. The van der Waals surface area contributed by atoms with E-state index in [1.54, 1.807) is 4.90 Å². The molecule has 0 unspecified atom stereocenters. The fourth-order valence-electron chi connectivity index (χ4n) is 5.07. The van der Waals surface area contributed by atoms with E-state index >= 15 is 0 Å². The van der Waals surface area contributed by atoms with Crippen LogP contribution in [0.2, 0.25) is 0 Å². The van der Waals surface area contributed by atoms with Crippen molar-refractivity contribution in [3.05, 3.63) is 52.8 Å². The maximum Gasteiger partial charge on any atom is 0.410 e. The van der Waals surface area contributed by atoms with Gasteiger partial charge < -0.3 is 15.0 Å². The summed E-state index contributed by atoms with van der Waals surface area (Å²) in [6, 6.07) is 10.2. The molecule has 1 saturated carbocycles. The van der Waals surface area contributed by atoms with Crippen LogP contribution in [0.1, 0.15) is 87.1 Å². The van der Waals surface area contributed by atoms with Crippen molar-refractivity contribution in [2.75, 3.05) is 6.54 Å². The van der Waals surface area contributed by atoms with Gasteiger partial charge in [0.15, 0.2) is 5.69 Å². The van der Waals surface area contributed by atoms with Crippen molar-refractivity contribution in [1.82, 2.24) is 20.0 Å². The van der Waals surface area contributed by atoms with Gasteiger partial charge in [0.05, 0.1) is 13.1 Å². The lowest BCUT2D eigenvalue weighted by atomic mass is 9.84. The van der Waals surface area contributed by atoms with Gasteiger partial charge in [-0.15, -0.1) is 0 Å². The monoisotopic (exact) mass is 466 g/mol. The quantitative estimate of drug-likeness (QED) is 0.678. The number of nitrogens with one attached hydrogen (secondary N) is 1. The smallest absolute Gasteiger partial charge is 0.410 e. The first-order valence-electron chi connectivity index (χ1n) is 12.6. The van der Waals surface area contributed by atoms with Gasteiger partial charge in [0.25, 0.3) is 5.91 Å². The fourth-order valence-corrected chi connectivity index (χ4v) is 5.07. The van der Waals surface area contributed by atoms with E-state index in [1.165, 1.54) is 19.3 Å². The van der Waals surface area contributed by atoms with Crippen molar-refractivity contribution in [2.45, 2.75) is 91.0 Å². The number of carbonyl (C=O) groups is 2. The molecule has 2 heterocycles. The van der Waals surface area contributed by atoms with E-state index in [0.29, 0.717) is 37.7 Å². The summed E-state index contributed by atoms with van der Waals surface area (Å²) in [6.45, 7) is 9.17. The Kier molecular flexibility index (Phi) is 7.29. The predicted molar refractivity (Wildman–Crippen MR) is 132 cm³/mol. The summed E-state index contributed by atoms with van der Waals surface area (Å²) < 4.78 is 7.54. The van der Waals surface area contributed by atoms with Crippen molar-refractivity contribution in [3.8, 4) is 0 Å². The van der Waals surface area contributed by atoms with Crippen molar-refractivity contribution >= 4 is 12.0 Å². The van der Waals surface area contributed by atoms with Gasteiger partial charge in [-0.1, -0.05) is 49.6 Å². The Balaban J connectivity index is 1.58. The van der Waals surface area contributed by atoms with E-state index in [4.69, 9.17) is 9.84 Å². The molecule has 0 radical (unpaired) electrons. The van der Waals surface area contributed by atoms with Gasteiger partial charge in [-0.25, -0.2) is 4.79 Å². The molecule has 1 fully saturated rings. The lowest BCUT2D eigenvalue weighted by molar-refractivity contribution is 0.0221. The molecule has 2 aliphatic rings. The number of rotatable bonds is 5. The van der Waals surface area contributed by atoms with Gasteiger partial charge in [-0.2, -0.15) is 5.10 Å². The average Bonchev–Trinajstić information content (AvgIpc) is 3.17. The van der Waals surface area contributed by atoms with Gasteiger partial charge in [0.2, 0.25) is 0 Å². The summed E-state index contributed by atoms with van der Waals surface area (Å²) in [5, 5.41) is 8.01. The molecule has 7 heteroatoms. The number of hydrogen-bond acceptors (Lipinski definition) is 4. The number of fused-ring (bicyclic) bond motifs is 1. The molecule has 1 aliphatic carbocycles. The van der Waals surface area contributed by atoms with Crippen LogP contribution < -0.4 is 5.32 Å². The molecule has 1 N–H and O–H groups in total. The molecule has 1 aromatic heterocycles. The first-order valence-corrected chi connectivity index (χ1v) is 12.6. The summed E-state index contributed by atoms with van der Waals surface area (Å²) in [5.41, 5.74) is 2.86. The highest BCUT2D eigenvalue weighted by molar-refractivity contribution is 5.94. The highest BCUT2D eigenvalue weighted by atomic mass is 16.6. The van der Waals surface area contributed by atoms with E-state index in [0.717, 1.165) is 29.7 Å². The molecular formula is C27H38N4O3. The average molecular weight is 467 g/mol. The standard InChI is InChI=1S/C27H38N4O3/c1-19(21-13-9-6-10-14-21)28-25(32)24-22-18-30(26(33)34-27(2,3)4)16-15-23(22)31(29-24)17-20-11-7-5-8-12-20/h5,7-8,11-12,19,21H,6,9-10,13-18H2,1-4H3,(H,28,32)/t19-/m1/s1. The van der Waals surface area contributed by atoms with Crippen molar-refractivity contribution in [3.63, 3.8) is 0 Å². The molecule has 184 valence electrons. The summed E-state index contributed by atoms with van der Waals surface area (Å²) in [6.07, 6.45) is 6.36. The van der Waals surface area contributed by atoms with Gasteiger partial charge in [0, 0.05) is 30.3 Å². The number of aromatic nitrogens is 2. The third-order valence-corrected chi connectivity index (χ3v) is 6.89. The van der Waals surface area contributed by atoms with E-state index < -0.39 is 5.60 Å². The van der Waals surface area contributed by atoms with E-state index in [2.05, 4.69) is 24.4 Å². The maximum absolute atomic E-state index is 13.4. The van der Waals surface area contributed by atoms with Crippen LogP contribution in [-0.4, -0.2) is 44.9 Å². The Bertz CT molecular complexity index is 1000. The van der Waals surface area contributed by atoms with Gasteiger partial charge >= 0.3 is 6.09 Å². The second kappa shape index (κ2) is 10.2. The molecule has 0 saturated heterocycles. The molecule has 1 aromatic carbocycles. The zero-order valence-corrected chi connectivity index (χ0v) is 21.0. The number of carbonyl (C=O) groups excluding carboxylic acids is 2. The normalized spacial score (nSPS) is 17.7. The van der Waals surface area contributed by atoms with Crippen molar-refractivity contribution in [1.29, 1.82) is 0 Å². The van der Waals surface area contributed by atoms with Crippen LogP contribution in [0.4, 0.5) is 4.79 Å². The Hall–Kier alpha value is -2.83. The summed E-state index contributed by atoms with van der Waals surface area (Å²) >= 11 is 0. The van der Waals surface area contributed by atoms with Gasteiger partial charge in [0.1, 0.15) is 5.60 Å². The lowest BCUT2D eigenvalue weighted by Gasteiger charge is -2.31. The number of benzene rings is 1. The van der Waals surface area contributed by atoms with Gasteiger partial charge in [-0.05, 0) is 52.0 Å². The first kappa shape index (κ1) is 24.3. The molecule has 0 bridgehead atoms. The molecule has 34 heavy (non-hydrogen) atoms. The zero-order valence-electron chi connectivity index (χ0n) is 21.0. The largest absolute Gasteiger partial charge is 0.444 e. The SMILES string of the molecule is C[C@@H](NC(=O)c1nn(Cc2ccccc2)c2c1CN(C(=O)OC(C)(C)C)CC2)C1CCCCC1. The molecule has 1 aliphatic heterocycles. The third kappa shape index (κ3) is 5.80. The summed E-state index contributed by atoms with van der Waals surface area (Å²) in [7, 11) is 0. The molecule has 2 amide bonds. The van der Waals surface area contributed by atoms with Crippen LogP contribution in [0.5, 0.6) is 0 Å². The summed E-state index contributed by atoms with van der Waals surface area (Å²) in [5.74, 6) is 0.366. The minimum absolute atomic E-state index is 0.105. The second-order valence-corrected chi connectivity index (χ2v) is 10.7. The number of ether oxygens (including phenoxy) is 1. The van der Waals surface area contributed by atoms with E-state index in [1.807, 2.05) is 43.7 Å². The number of nitrogens with zero attached hydrogens (tertiary/aromatic N) is 3. The molecule has 7 nitrogen and oxygen atoms in total. The highest BCUT2D eigenvalue weighted by Crippen LogP contribution is 2.28. The van der Waals surface area contributed by atoms with Crippen LogP contribution in [-0.2, 0) is 24.2 Å². The number of amides is 2. The van der Waals surface area contributed by atoms with Crippen LogP contribution in [0.15, 0.2) is 30.3 Å². The van der Waals surface area contributed by atoms with E-state index in [9.17, 15) is 9.59 Å². The minimum atomic E-state index is -0.565. The molecular weight excluding hydrogens is 428 g/mol. The fraction of sp³-hybridized carbons (Fsp3) is 0.593. The van der Waals surface area contributed by atoms with Crippen LogP contribution >= 0.6 is 0 Å². The predicted octanol–water partition coefficient (Wildman–Crippen LogP) is 4.92. The first-order chi connectivity index (χ1) is 16.2. The Morgan fingerprint density at radius 2 is 1.85 bits per heavy atom. The Morgan fingerprint density at radius 1 is 1.15 bits per heavy atom. The minimum Gasteiger partial charge on any atom is -0.444 e. The molecule has 1 atom stereocenters. The van der Waals surface area contributed by atoms with Crippen molar-refractivity contribution in [2.24, 2.45) is 5.92 Å². The number of hydrogen-bond donors (Lipinski definition) is 1. The maximum atomic E-state index is 13.4. The van der Waals surface area contributed by atoms with E-state index in [-0.39, 0.29) is 18.0 Å². The zero-order chi connectivity index (χ0) is 24.3. The Labute approximate surface area is 202 Å². The highest BCUT2D eigenvalue weighted by Gasteiger charge is 2.33.